The maximum absolute atomic E-state index is 12.6. The minimum absolute atomic E-state index is 0.0571. The molecule has 18 heavy (non-hydrogen) atoms. The summed E-state index contributed by atoms with van der Waals surface area (Å²) in [4.78, 5) is 10.9. The number of anilines is 1. The molecule has 2 heterocycles. The molecule has 96 valence electrons. The van der Waals surface area contributed by atoms with Gasteiger partial charge >= 0.3 is 6.18 Å². The molecule has 5 nitrogen and oxygen atoms in total. The molecule has 0 aliphatic carbocycles. The first-order valence-electron chi connectivity index (χ1n) is 5.15. The van der Waals surface area contributed by atoms with Crippen LogP contribution in [0, 0.1) is 0 Å². The van der Waals surface area contributed by atoms with Crippen molar-refractivity contribution in [2.45, 2.75) is 19.6 Å². The maximum Gasteiger partial charge on any atom is 0.433 e. The molecule has 0 aliphatic rings. The molecule has 2 N–H and O–H groups in total. The van der Waals surface area contributed by atoms with Crippen molar-refractivity contribution < 1.29 is 13.2 Å². The van der Waals surface area contributed by atoms with Crippen LogP contribution in [0.4, 0.5) is 19.1 Å². The molecular formula is C10H10F3N5. The molecule has 0 aromatic carbocycles. The Bertz CT molecular complexity index is 561. The molecule has 0 spiro atoms. The van der Waals surface area contributed by atoms with Gasteiger partial charge in [0.15, 0.2) is 11.5 Å². The zero-order valence-electron chi connectivity index (χ0n) is 9.44. The Hall–Kier alpha value is -2.12. The first-order chi connectivity index (χ1) is 8.41. The highest BCUT2D eigenvalue weighted by molar-refractivity contribution is 5.52. The van der Waals surface area contributed by atoms with Gasteiger partial charge in [0.25, 0.3) is 0 Å². The van der Waals surface area contributed by atoms with Crippen molar-refractivity contribution in [1.29, 1.82) is 0 Å². The van der Waals surface area contributed by atoms with Gasteiger partial charge in [-0.1, -0.05) is 0 Å². The van der Waals surface area contributed by atoms with Crippen LogP contribution in [0.1, 0.15) is 12.6 Å². The van der Waals surface area contributed by atoms with Gasteiger partial charge < -0.3 is 10.3 Å². The van der Waals surface area contributed by atoms with E-state index < -0.39 is 17.8 Å². The van der Waals surface area contributed by atoms with Gasteiger partial charge in [0.05, 0.1) is 0 Å². The number of halogens is 3. The van der Waals surface area contributed by atoms with E-state index >= 15 is 0 Å². The summed E-state index contributed by atoms with van der Waals surface area (Å²) in [5, 5.41) is 0. The van der Waals surface area contributed by atoms with E-state index in [1.165, 1.54) is 6.20 Å². The van der Waals surface area contributed by atoms with E-state index in [9.17, 15) is 13.2 Å². The molecule has 0 atom stereocenters. The summed E-state index contributed by atoms with van der Waals surface area (Å²) in [7, 11) is 0. The van der Waals surface area contributed by atoms with Crippen LogP contribution in [-0.4, -0.2) is 19.5 Å². The van der Waals surface area contributed by atoms with Crippen LogP contribution in [0.5, 0.6) is 0 Å². The second-order valence-electron chi connectivity index (χ2n) is 3.53. The summed E-state index contributed by atoms with van der Waals surface area (Å²) in [6, 6.07) is 0.838. The lowest BCUT2D eigenvalue weighted by Gasteiger charge is -2.09. The molecule has 0 bridgehead atoms. The number of nitrogens with zero attached hydrogens (tertiary/aromatic N) is 4. The van der Waals surface area contributed by atoms with E-state index in [0.717, 1.165) is 6.07 Å². The van der Waals surface area contributed by atoms with Crippen molar-refractivity contribution in [3.05, 3.63) is 24.2 Å². The fourth-order valence-corrected chi connectivity index (χ4v) is 1.52. The van der Waals surface area contributed by atoms with Crippen molar-refractivity contribution in [2.75, 3.05) is 5.73 Å². The average molecular weight is 257 g/mol. The van der Waals surface area contributed by atoms with E-state index in [1.807, 2.05) is 6.92 Å². The third kappa shape index (κ3) is 2.27. The topological polar surface area (TPSA) is 69.6 Å². The van der Waals surface area contributed by atoms with E-state index in [1.54, 1.807) is 10.8 Å². The van der Waals surface area contributed by atoms with Gasteiger partial charge in [-0.05, 0) is 13.0 Å². The predicted octanol–water partition coefficient (Wildman–Crippen LogP) is 1.96. The van der Waals surface area contributed by atoms with Gasteiger partial charge in [0.1, 0.15) is 5.69 Å². The largest absolute Gasteiger partial charge is 0.433 e. The van der Waals surface area contributed by atoms with Gasteiger partial charge in [-0.25, -0.2) is 15.0 Å². The molecule has 0 saturated carbocycles. The molecule has 2 aromatic heterocycles. The van der Waals surface area contributed by atoms with Crippen LogP contribution in [0.2, 0.25) is 0 Å². The van der Waals surface area contributed by atoms with Gasteiger partial charge in [0, 0.05) is 18.9 Å². The highest BCUT2D eigenvalue weighted by atomic mass is 19.4. The smallest absolute Gasteiger partial charge is 0.368 e. The number of aryl methyl sites for hydroxylation is 1. The lowest BCUT2D eigenvalue weighted by Crippen LogP contribution is -2.12. The number of nitrogens with two attached hydrogens (primary N) is 1. The monoisotopic (exact) mass is 257 g/mol. The fourth-order valence-electron chi connectivity index (χ4n) is 1.52. The zero-order valence-corrected chi connectivity index (χ0v) is 9.44. The normalized spacial score (nSPS) is 11.8. The van der Waals surface area contributed by atoms with Crippen molar-refractivity contribution in [3.8, 4) is 11.5 Å². The van der Waals surface area contributed by atoms with Crippen LogP contribution in [-0.2, 0) is 12.7 Å². The van der Waals surface area contributed by atoms with Crippen LogP contribution in [0.15, 0.2) is 18.5 Å². The second-order valence-corrected chi connectivity index (χ2v) is 3.53. The maximum atomic E-state index is 12.6. The molecule has 2 rings (SSSR count). The first kappa shape index (κ1) is 12.3. The lowest BCUT2D eigenvalue weighted by molar-refractivity contribution is -0.141. The van der Waals surface area contributed by atoms with Gasteiger partial charge in [0.2, 0.25) is 5.95 Å². The molecule has 0 amide bonds. The number of nitrogen functional groups attached to an aromatic ring is 1. The molecule has 2 aromatic rings. The van der Waals surface area contributed by atoms with Gasteiger partial charge in [-0.2, -0.15) is 13.2 Å². The Morgan fingerprint density at radius 3 is 2.67 bits per heavy atom. The van der Waals surface area contributed by atoms with Crippen molar-refractivity contribution in [2.24, 2.45) is 0 Å². The Labute approximate surface area is 100 Å². The predicted molar refractivity (Wildman–Crippen MR) is 58.3 cm³/mol. The SMILES string of the molecule is CCn1ccnc1-c1cc(C(F)(F)F)nc(N)n1. The molecule has 8 heteroatoms. The quantitative estimate of drug-likeness (QED) is 0.892. The van der Waals surface area contributed by atoms with Crippen LogP contribution in [0.25, 0.3) is 11.5 Å². The molecule has 0 radical (unpaired) electrons. The summed E-state index contributed by atoms with van der Waals surface area (Å²) < 4.78 is 39.5. The number of hydrogen-bond donors (Lipinski definition) is 1. The molecule has 0 unspecified atom stereocenters. The second kappa shape index (κ2) is 4.28. The molecular weight excluding hydrogens is 247 g/mol. The van der Waals surface area contributed by atoms with Crippen molar-refractivity contribution in [1.82, 2.24) is 19.5 Å². The number of hydrogen-bond acceptors (Lipinski definition) is 4. The summed E-state index contributed by atoms with van der Waals surface area (Å²) in [6.07, 6.45) is -1.42. The Morgan fingerprint density at radius 2 is 2.06 bits per heavy atom. The van der Waals surface area contributed by atoms with Gasteiger partial charge in [-0.3, -0.25) is 0 Å². The van der Waals surface area contributed by atoms with E-state index in [-0.39, 0.29) is 5.69 Å². The summed E-state index contributed by atoms with van der Waals surface area (Å²) in [5.41, 5.74) is 4.28. The minimum atomic E-state index is -4.56. The number of alkyl halides is 3. The summed E-state index contributed by atoms with van der Waals surface area (Å²) >= 11 is 0. The zero-order chi connectivity index (χ0) is 13.3. The number of rotatable bonds is 2. The Kier molecular flexibility index (Phi) is 2.93. The van der Waals surface area contributed by atoms with Crippen molar-refractivity contribution in [3.63, 3.8) is 0 Å². The number of imidazole rings is 1. The average Bonchev–Trinajstić information content (AvgIpc) is 2.74. The van der Waals surface area contributed by atoms with E-state index in [2.05, 4.69) is 15.0 Å². The van der Waals surface area contributed by atoms with Crippen molar-refractivity contribution >= 4 is 5.95 Å². The fraction of sp³-hybridized carbons (Fsp3) is 0.300. The Morgan fingerprint density at radius 1 is 1.33 bits per heavy atom. The van der Waals surface area contributed by atoms with Crippen LogP contribution < -0.4 is 5.73 Å². The lowest BCUT2D eigenvalue weighted by atomic mass is 10.3. The highest BCUT2D eigenvalue weighted by Gasteiger charge is 2.33. The third-order valence-corrected chi connectivity index (χ3v) is 2.32. The summed E-state index contributed by atoms with van der Waals surface area (Å²) in [6.45, 7) is 2.42. The first-order valence-corrected chi connectivity index (χ1v) is 5.15. The van der Waals surface area contributed by atoms with Crippen LogP contribution >= 0.6 is 0 Å². The Balaban J connectivity index is 2.56. The highest BCUT2D eigenvalue weighted by Crippen LogP contribution is 2.30. The molecule has 0 fully saturated rings. The van der Waals surface area contributed by atoms with E-state index in [0.29, 0.717) is 12.4 Å². The van der Waals surface area contributed by atoms with E-state index in [4.69, 9.17) is 5.73 Å². The number of aromatic nitrogens is 4. The van der Waals surface area contributed by atoms with Crippen LogP contribution in [0.3, 0.4) is 0 Å². The standard InChI is InChI=1S/C10H10F3N5/c1-2-18-4-3-15-8(18)6-5-7(10(11,12)13)17-9(14)16-6/h3-5H,2H2,1H3,(H2,14,16,17). The third-order valence-electron chi connectivity index (χ3n) is 2.32. The molecule has 0 aliphatic heterocycles. The molecule has 0 saturated heterocycles. The summed E-state index contributed by atoms with van der Waals surface area (Å²) in [5.74, 6) is -0.0948. The minimum Gasteiger partial charge on any atom is -0.368 e. The van der Waals surface area contributed by atoms with Gasteiger partial charge in [-0.15, -0.1) is 0 Å².